The van der Waals surface area contributed by atoms with Gasteiger partial charge in [0.15, 0.2) is 0 Å². The highest BCUT2D eigenvalue weighted by molar-refractivity contribution is 5.48. The Morgan fingerprint density at radius 2 is 2.06 bits per heavy atom. The van der Waals surface area contributed by atoms with Gasteiger partial charge < -0.3 is 4.74 Å². The minimum absolute atomic E-state index is 0.00115. The number of hydrogen-bond acceptors (Lipinski definition) is 2. The van der Waals surface area contributed by atoms with Gasteiger partial charge in [-0.15, -0.1) is 0 Å². The Labute approximate surface area is 104 Å². The van der Waals surface area contributed by atoms with Gasteiger partial charge in [0, 0.05) is 19.6 Å². The molecular weight excluding hydrogens is 210 g/mol. The minimum atomic E-state index is -0.00115. The summed E-state index contributed by atoms with van der Waals surface area (Å²) in [5, 5.41) is 0. The maximum Gasteiger partial charge on any atom is 0.0753 e. The molecule has 0 unspecified atom stereocenters. The van der Waals surface area contributed by atoms with Gasteiger partial charge in [0.25, 0.3) is 0 Å². The average molecular weight is 231 g/mol. The van der Waals surface area contributed by atoms with Crippen LogP contribution < -0.4 is 0 Å². The Kier molecular flexibility index (Phi) is 3.97. The molecule has 0 amide bonds. The van der Waals surface area contributed by atoms with Crippen molar-refractivity contribution in [2.24, 2.45) is 0 Å². The van der Waals surface area contributed by atoms with Gasteiger partial charge in [0.1, 0.15) is 0 Å². The Morgan fingerprint density at radius 1 is 1.29 bits per heavy atom. The lowest BCUT2D eigenvalue weighted by atomic mass is 10.1. The highest BCUT2D eigenvalue weighted by atomic mass is 16.5. The molecule has 0 radical (unpaired) electrons. The lowest BCUT2D eigenvalue weighted by molar-refractivity contribution is -0.0829. The van der Waals surface area contributed by atoms with E-state index in [-0.39, 0.29) is 5.60 Å². The maximum absolute atomic E-state index is 5.69. The van der Waals surface area contributed by atoms with E-state index in [9.17, 15) is 0 Å². The summed E-state index contributed by atoms with van der Waals surface area (Å²) in [6.45, 7) is 8.18. The molecule has 0 N–H and O–H groups in total. The fraction of sp³-hybridized carbons (Fsp3) is 0.467. The molecule has 1 aromatic carbocycles. The molecule has 2 rings (SSSR count). The topological polar surface area (TPSA) is 12.5 Å². The van der Waals surface area contributed by atoms with E-state index in [4.69, 9.17) is 4.74 Å². The quantitative estimate of drug-likeness (QED) is 0.793. The van der Waals surface area contributed by atoms with Gasteiger partial charge in [0.2, 0.25) is 0 Å². The molecule has 1 aliphatic heterocycles. The molecule has 1 aromatic rings. The highest BCUT2D eigenvalue weighted by Crippen LogP contribution is 2.16. The fourth-order valence-electron chi connectivity index (χ4n) is 2.17. The van der Waals surface area contributed by atoms with E-state index in [0.717, 1.165) is 26.2 Å². The van der Waals surface area contributed by atoms with Crippen LogP contribution in [0.15, 0.2) is 36.4 Å². The fourth-order valence-corrected chi connectivity index (χ4v) is 2.17. The van der Waals surface area contributed by atoms with Crippen molar-refractivity contribution in [1.82, 2.24) is 4.90 Å². The van der Waals surface area contributed by atoms with Crippen LogP contribution in [-0.2, 0) is 4.74 Å². The second-order valence-corrected chi connectivity index (χ2v) is 5.16. The molecule has 2 nitrogen and oxygen atoms in total. The number of morpholine rings is 1. The predicted molar refractivity (Wildman–Crippen MR) is 71.9 cm³/mol. The van der Waals surface area contributed by atoms with Gasteiger partial charge in [-0.1, -0.05) is 42.5 Å². The highest BCUT2D eigenvalue weighted by Gasteiger charge is 2.26. The molecule has 0 aromatic heterocycles. The summed E-state index contributed by atoms with van der Waals surface area (Å²) in [5.41, 5.74) is 1.26. The van der Waals surface area contributed by atoms with Crippen LogP contribution in [0.3, 0.4) is 0 Å². The zero-order chi connectivity index (χ0) is 12.1. The van der Waals surface area contributed by atoms with Crippen molar-refractivity contribution in [2.75, 3.05) is 26.2 Å². The first kappa shape index (κ1) is 12.3. The second kappa shape index (κ2) is 5.48. The summed E-state index contributed by atoms with van der Waals surface area (Å²) in [4.78, 5) is 2.43. The number of rotatable bonds is 3. The van der Waals surface area contributed by atoms with Crippen molar-refractivity contribution in [3.05, 3.63) is 42.0 Å². The van der Waals surface area contributed by atoms with E-state index in [1.165, 1.54) is 5.56 Å². The van der Waals surface area contributed by atoms with Crippen molar-refractivity contribution in [1.29, 1.82) is 0 Å². The van der Waals surface area contributed by atoms with Gasteiger partial charge >= 0.3 is 0 Å². The summed E-state index contributed by atoms with van der Waals surface area (Å²) in [6, 6.07) is 10.4. The van der Waals surface area contributed by atoms with Crippen molar-refractivity contribution < 1.29 is 4.74 Å². The van der Waals surface area contributed by atoms with Gasteiger partial charge in [-0.05, 0) is 19.4 Å². The summed E-state index contributed by atoms with van der Waals surface area (Å²) >= 11 is 0. The molecule has 0 aliphatic carbocycles. The van der Waals surface area contributed by atoms with Gasteiger partial charge in [0.05, 0.1) is 12.2 Å². The molecule has 0 bridgehead atoms. The van der Waals surface area contributed by atoms with Crippen LogP contribution >= 0.6 is 0 Å². The molecule has 0 saturated carbocycles. The lowest BCUT2D eigenvalue weighted by Crippen LogP contribution is -2.48. The molecule has 0 spiro atoms. The number of ether oxygens (including phenoxy) is 1. The maximum atomic E-state index is 5.69. The molecule has 0 atom stereocenters. The summed E-state index contributed by atoms with van der Waals surface area (Å²) in [5.74, 6) is 0. The van der Waals surface area contributed by atoms with E-state index in [1.807, 2.05) is 6.07 Å². The summed E-state index contributed by atoms with van der Waals surface area (Å²) in [6.07, 6.45) is 4.42. The van der Waals surface area contributed by atoms with Gasteiger partial charge in [-0.25, -0.2) is 0 Å². The van der Waals surface area contributed by atoms with Crippen LogP contribution in [0.4, 0.5) is 0 Å². The molecule has 92 valence electrons. The first-order valence-electron chi connectivity index (χ1n) is 6.24. The average Bonchev–Trinajstić information content (AvgIpc) is 2.29. The second-order valence-electron chi connectivity index (χ2n) is 5.16. The van der Waals surface area contributed by atoms with Crippen LogP contribution in [0.2, 0.25) is 0 Å². The van der Waals surface area contributed by atoms with Crippen LogP contribution in [0.1, 0.15) is 19.4 Å². The molecule has 2 heteroatoms. The van der Waals surface area contributed by atoms with Crippen molar-refractivity contribution in [3.8, 4) is 0 Å². The van der Waals surface area contributed by atoms with E-state index < -0.39 is 0 Å². The first-order chi connectivity index (χ1) is 8.16. The monoisotopic (exact) mass is 231 g/mol. The minimum Gasteiger partial charge on any atom is -0.373 e. The zero-order valence-corrected chi connectivity index (χ0v) is 10.7. The van der Waals surface area contributed by atoms with Gasteiger partial charge in [-0.3, -0.25) is 4.90 Å². The Morgan fingerprint density at radius 3 is 2.76 bits per heavy atom. The van der Waals surface area contributed by atoms with Crippen LogP contribution in [0.5, 0.6) is 0 Å². The molecule has 1 aliphatic rings. The number of hydrogen-bond donors (Lipinski definition) is 0. The third kappa shape index (κ3) is 3.99. The van der Waals surface area contributed by atoms with Crippen molar-refractivity contribution in [2.45, 2.75) is 19.4 Å². The largest absolute Gasteiger partial charge is 0.373 e. The Bertz CT molecular complexity index is 370. The third-order valence-electron chi connectivity index (χ3n) is 2.98. The van der Waals surface area contributed by atoms with E-state index in [0.29, 0.717) is 0 Å². The Balaban J connectivity index is 1.84. The van der Waals surface area contributed by atoms with Crippen LogP contribution in [0, 0.1) is 0 Å². The SMILES string of the molecule is CC1(C)CN(CC=Cc2ccccc2)CCO1. The van der Waals surface area contributed by atoms with Crippen LogP contribution in [-0.4, -0.2) is 36.7 Å². The normalized spacial score (nSPS) is 20.8. The van der Waals surface area contributed by atoms with Crippen LogP contribution in [0.25, 0.3) is 6.08 Å². The third-order valence-corrected chi connectivity index (χ3v) is 2.98. The van der Waals surface area contributed by atoms with Crippen molar-refractivity contribution >= 4 is 6.08 Å². The first-order valence-corrected chi connectivity index (χ1v) is 6.24. The predicted octanol–water partition coefficient (Wildman–Crippen LogP) is 2.81. The van der Waals surface area contributed by atoms with E-state index >= 15 is 0 Å². The summed E-state index contributed by atoms with van der Waals surface area (Å²) in [7, 11) is 0. The molecule has 17 heavy (non-hydrogen) atoms. The zero-order valence-electron chi connectivity index (χ0n) is 10.7. The molecule has 1 heterocycles. The lowest BCUT2D eigenvalue weighted by Gasteiger charge is -2.37. The molecular formula is C15H21NO. The Hall–Kier alpha value is -1.12. The smallest absolute Gasteiger partial charge is 0.0753 e. The van der Waals surface area contributed by atoms with E-state index in [1.54, 1.807) is 0 Å². The van der Waals surface area contributed by atoms with Gasteiger partial charge in [-0.2, -0.15) is 0 Å². The van der Waals surface area contributed by atoms with Crippen molar-refractivity contribution in [3.63, 3.8) is 0 Å². The molecule has 1 fully saturated rings. The summed E-state index contributed by atoms with van der Waals surface area (Å²) < 4.78 is 5.69. The molecule has 1 saturated heterocycles. The number of benzene rings is 1. The van der Waals surface area contributed by atoms with E-state index in [2.05, 4.69) is 55.2 Å². The standard InChI is InChI=1S/C15H21NO/c1-15(2)13-16(11-12-17-15)10-6-9-14-7-4-3-5-8-14/h3-9H,10-13H2,1-2H3. The number of nitrogens with zero attached hydrogens (tertiary/aromatic N) is 1.